The van der Waals surface area contributed by atoms with Crippen molar-refractivity contribution < 1.29 is 9.53 Å². The van der Waals surface area contributed by atoms with E-state index in [0.29, 0.717) is 18.4 Å². The van der Waals surface area contributed by atoms with E-state index in [2.05, 4.69) is 16.7 Å². The van der Waals surface area contributed by atoms with Crippen LogP contribution >= 0.6 is 0 Å². The molecule has 1 heterocycles. The van der Waals surface area contributed by atoms with Gasteiger partial charge in [-0.05, 0) is 18.9 Å². The smallest absolute Gasteiger partial charge is 0.221 e. The molecular formula is C15H20N2O2. The molecule has 102 valence electrons. The van der Waals surface area contributed by atoms with E-state index in [1.54, 1.807) is 0 Å². The molecule has 1 saturated carbocycles. The molecule has 1 unspecified atom stereocenters. The maximum absolute atomic E-state index is 11.5. The third-order valence-electron chi connectivity index (χ3n) is 3.66. The van der Waals surface area contributed by atoms with E-state index in [4.69, 9.17) is 4.74 Å². The van der Waals surface area contributed by atoms with Crippen LogP contribution in [0.1, 0.15) is 30.7 Å². The molecule has 3 rings (SSSR count). The third-order valence-corrected chi connectivity index (χ3v) is 3.66. The standard InChI is InChI=1S/C15H20N2O2/c18-15(17-12-5-6-12)7-8-16-9-11-10-19-14-4-2-1-3-13(11)14/h1-4,11-12,16H,5-10H2,(H,17,18). The third kappa shape index (κ3) is 3.26. The maximum atomic E-state index is 11.5. The predicted octanol–water partition coefficient (Wildman–Crippen LogP) is 1.42. The van der Waals surface area contributed by atoms with Gasteiger partial charge < -0.3 is 15.4 Å². The Hall–Kier alpha value is -1.55. The Balaban J connectivity index is 1.37. The van der Waals surface area contributed by atoms with Crippen LogP contribution < -0.4 is 15.4 Å². The Kier molecular flexibility index (Phi) is 3.69. The summed E-state index contributed by atoms with van der Waals surface area (Å²) in [6.07, 6.45) is 2.86. The lowest BCUT2D eigenvalue weighted by Gasteiger charge is -2.10. The van der Waals surface area contributed by atoms with Gasteiger partial charge in [-0.1, -0.05) is 18.2 Å². The van der Waals surface area contributed by atoms with E-state index >= 15 is 0 Å². The van der Waals surface area contributed by atoms with Gasteiger partial charge >= 0.3 is 0 Å². The summed E-state index contributed by atoms with van der Waals surface area (Å²) in [5.74, 6) is 1.57. The van der Waals surface area contributed by atoms with Crippen molar-refractivity contribution in [2.24, 2.45) is 0 Å². The summed E-state index contributed by atoms with van der Waals surface area (Å²) in [7, 11) is 0. The molecule has 19 heavy (non-hydrogen) atoms. The first-order valence-corrected chi connectivity index (χ1v) is 7.05. The Bertz CT molecular complexity index is 457. The van der Waals surface area contributed by atoms with Crippen molar-refractivity contribution in [3.63, 3.8) is 0 Å². The zero-order chi connectivity index (χ0) is 13.1. The van der Waals surface area contributed by atoms with Gasteiger partial charge in [-0.15, -0.1) is 0 Å². The van der Waals surface area contributed by atoms with Gasteiger partial charge in [0.15, 0.2) is 0 Å². The molecular weight excluding hydrogens is 240 g/mol. The number of para-hydroxylation sites is 1. The highest BCUT2D eigenvalue weighted by Gasteiger charge is 2.24. The Morgan fingerprint density at radius 1 is 1.32 bits per heavy atom. The molecule has 1 aliphatic carbocycles. The van der Waals surface area contributed by atoms with Gasteiger partial charge in [-0.2, -0.15) is 0 Å². The fourth-order valence-electron chi connectivity index (χ4n) is 2.40. The molecule has 1 atom stereocenters. The normalized spacial score (nSPS) is 20.7. The van der Waals surface area contributed by atoms with Crippen molar-refractivity contribution in [2.75, 3.05) is 19.7 Å². The number of fused-ring (bicyclic) bond motifs is 1. The predicted molar refractivity (Wildman–Crippen MR) is 73.3 cm³/mol. The topological polar surface area (TPSA) is 50.4 Å². The Morgan fingerprint density at radius 2 is 2.16 bits per heavy atom. The summed E-state index contributed by atoms with van der Waals surface area (Å²) in [6.45, 7) is 2.34. The number of benzene rings is 1. The molecule has 1 aromatic rings. The van der Waals surface area contributed by atoms with Crippen LogP contribution in [-0.2, 0) is 4.79 Å². The van der Waals surface area contributed by atoms with Crippen LogP contribution in [0.3, 0.4) is 0 Å². The second-order valence-electron chi connectivity index (χ2n) is 5.34. The van der Waals surface area contributed by atoms with Gasteiger partial charge in [0.1, 0.15) is 5.75 Å². The largest absolute Gasteiger partial charge is 0.493 e. The number of carbonyl (C=O) groups excluding carboxylic acids is 1. The number of rotatable bonds is 6. The van der Waals surface area contributed by atoms with Gasteiger partial charge in [0.2, 0.25) is 5.91 Å². The van der Waals surface area contributed by atoms with Crippen LogP contribution in [0.4, 0.5) is 0 Å². The second-order valence-corrected chi connectivity index (χ2v) is 5.34. The van der Waals surface area contributed by atoms with Crippen LogP contribution in [0.25, 0.3) is 0 Å². The zero-order valence-corrected chi connectivity index (χ0v) is 11.0. The van der Waals surface area contributed by atoms with Crippen molar-refractivity contribution in [3.05, 3.63) is 29.8 Å². The number of ether oxygens (including phenoxy) is 1. The summed E-state index contributed by atoms with van der Waals surface area (Å²) in [4.78, 5) is 11.5. The molecule has 0 aromatic heterocycles. The second kappa shape index (κ2) is 5.61. The fourth-order valence-corrected chi connectivity index (χ4v) is 2.40. The quantitative estimate of drug-likeness (QED) is 0.761. The van der Waals surface area contributed by atoms with Crippen molar-refractivity contribution in [2.45, 2.75) is 31.2 Å². The zero-order valence-electron chi connectivity index (χ0n) is 11.0. The minimum atomic E-state index is 0.165. The summed E-state index contributed by atoms with van der Waals surface area (Å²) >= 11 is 0. The average molecular weight is 260 g/mol. The first-order valence-electron chi connectivity index (χ1n) is 7.05. The van der Waals surface area contributed by atoms with Crippen molar-refractivity contribution in [3.8, 4) is 5.75 Å². The Morgan fingerprint density at radius 3 is 3.00 bits per heavy atom. The van der Waals surface area contributed by atoms with Gasteiger partial charge in [-0.25, -0.2) is 0 Å². The molecule has 0 bridgehead atoms. The lowest BCUT2D eigenvalue weighted by molar-refractivity contribution is -0.121. The monoisotopic (exact) mass is 260 g/mol. The van der Waals surface area contributed by atoms with E-state index in [1.165, 1.54) is 5.56 Å². The molecule has 0 saturated heterocycles. The van der Waals surface area contributed by atoms with E-state index < -0.39 is 0 Å². The number of hydrogen-bond acceptors (Lipinski definition) is 3. The lowest BCUT2D eigenvalue weighted by Crippen LogP contribution is -2.30. The maximum Gasteiger partial charge on any atom is 0.221 e. The van der Waals surface area contributed by atoms with Crippen molar-refractivity contribution >= 4 is 5.91 Å². The summed E-state index contributed by atoms with van der Waals surface area (Å²) < 4.78 is 5.63. The van der Waals surface area contributed by atoms with Crippen LogP contribution in [0.5, 0.6) is 5.75 Å². The molecule has 2 aliphatic rings. The minimum Gasteiger partial charge on any atom is -0.493 e. The van der Waals surface area contributed by atoms with Crippen LogP contribution in [0, 0.1) is 0 Å². The highest BCUT2D eigenvalue weighted by Crippen LogP contribution is 2.32. The van der Waals surface area contributed by atoms with Crippen LogP contribution in [0.15, 0.2) is 24.3 Å². The minimum absolute atomic E-state index is 0.165. The SMILES string of the molecule is O=C(CCNCC1COc2ccccc21)NC1CC1. The number of hydrogen-bond donors (Lipinski definition) is 2. The number of carbonyl (C=O) groups is 1. The van der Waals surface area contributed by atoms with E-state index in [9.17, 15) is 4.79 Å². The average Bonchev–Trinajstić information content (AvgIpc) is 3.14. The van der Waals surface area contributed by atoms with Gasteiger partial charge in [-0.3, -0.25) is 4.79 Å². The van der Waals surface area contributed by atoms with Crippen LogP contribution in [-0.4, -0.2) is 31.6 Å². The highest BCUT2D eigenvalue weighted by atomic mass is 16.5. The molecule has 4 nitrogen and oxygen atoms in total. The van der Waals surface area contributed by atoms with Gasteiger partial charge in [0.25, 0.3) is 0 Å². The molecule has 1 aliphatic heterocycles. The van der Waals surface area contributed by atoms with Crippen molar-refractivity contribution in [1.82, 2.24) is 10.6 Å². The number of amides is 1. The Labute approximate surface area is 113 Å². The molecule has 0 spiro atoms. The molecule has 2 N–H and O–H groups in total. The van der Waals surface area contributed by atoms with E-state index in [1.807, 2.05) is 18.2 Å². The summed E-state index contributed by atoms with van der Waals surface area (Å²) in [6, 6.07) is 8.63. The van der Waals surface area contributed by atoms with Gasteiger partial charge in [0.05, 0.1) is 6.61 Å². The molecule has 4 heteroatoms. The van der Waals surface area contributed by atoms with Crippen LogP contribution in [0.2, 0.25) is 0 Å². The molecule has 1 aromatic carbocycles. The fraction of sp³-hybridized carbons (Fsp3) is 0.533. The molecule has 1 fully saturated rings. The molecule has 1 amide bonds. The van der Waals surface area contributed by atoms with Crippen molar-refractivity contribution in [1.29, 1.82) is 0 Å². The summed E-state index contributed by atoms with van der Waals surface area (Å²) in [5.41, 5.74) is 1.28. The van der Waals surface area contributed by atoms with Gasteiger partial charge in [0, 0.05) is 37.0 Å². The highest BCUT2D eigenvalue weighted by molar-refractivity contribution is 5.76. The lowest BCUT2D eigenvalue weighted by atomic mass is 10.0. The molecule has 0 radical (unpaired) electrons. The van der Waals surface area contributed by atoms with E-state index in [0.717, 1.165) is 38.3 Å². The first kappa shape index (κ1) is 12.5. The van der Waals surface area contributed by atoms with E-state index in [-0.39, 0.29) is 5.91 Å². The summed E-state index contributed by atoms with van der Waals surface area (Å²) in [5, 5.41) is 6.35. The number of nitrogens with one attached hydrogen (secondary N) is 2. The first-order chi connectivity index (χ1) is 9.33.